The molecule has 3 aromatic rings. The van der Waals surface area contributed by atoms with Crippen LogP contribution in [0.1, 0.15) is 71.5 Å². The number of piperidine rings is 1. The second-order valence-electron chi connectivity index (χ2n) is 9.43. The first-order chi connectivity index (χ1) is 16.9. The van der Waals surface area contributed by atoms with Crippen molar-refractivity contribution in [1.29, 1.82) is 0 Å². The summed E-state index contributed by atoms with van der Waals surface area (Å²) < 4.78 is 11.1. The molecule has 2 saturated heterocycles. The van der Waals surface area contributed by atoms with Gasteiger partial charge in [0.1, 0.15) is 17.3 Å². The number of benzene rings is 1. The first-order valence-corrected chi connectivity index (χ1v) is 13.0. The van der Waals surface area contributed by atoms with Crippen molar-refractivity contribution in [3.8, 4) is 0 Å². The van der Waals surface area contributed by atoms with Gasteiger partial charge in [-0.15, -0.1) is 11.3 Å². The monoisotopic (exact) mass is 495 g/mol. The van der Waals surface area contributed by atoms with Gasteiger partial charge in [-0.2, -0.15) is 0 Å². The second kappa shape index (κ2) is 9.81. The molecule has 2 fully saturated rings. The Labute approximate surface area is 207 Å². The van der Waals surface area contributed by atoms with E-state index in [2.05, 4.69) is 4.98 Å². The molecule has 0 N–H and O–H groups in total. The van der Waals surface area contributed by atoms with Crippen LogP contribution in [0.2, 0.25) is 0 Å². The normalized spacial score (nSPS) is 19.0. The van der Waals surface area contributed by atoms with Crippen molar-refractivity contribution in [2.24, 2.45) is 0 Å². The number of furan rings is 1. The highest BCUT2D eigenvalue weighted by atomic mass is 32.1. The van der Waals surface area contributed by atoms with Crippen LogP contribution >= 0.6 is 11.3 Å². The molecule has 184 valence electrons. The van der Waals surface area contributed by atoms with E-state index in [4.69, 9.17) is 9.15 Å². The van der Waals surface area contributed by atoms with Crippen LogP contribution in [-0.2, 0) is 9.53 Å². The fourth-order valence-corrected chi connectivity index (χ4v) is 5.82. The molecule has 0 spiro atoms. The molecule has 9 heteroatoms. The Kier molecular flexibility index (Phi) is 6.60. The van der Waals surface area contributed by atoms with Crippen LogP contribution in [0.25, 0.3) is 11.0 Å². The molecule has 2 aliphatic heterocycles. The molecule has 2 aliphatic rings. The zero-order valence-electron chi connectivity index (χ0n) is 19.9. The largest absolute Gasteiger partial charge is 0.461 e. The highest BCUT2D eigenvalue weighted by molar-refractivity contribution is 7.09. The highest BCUT2D eigenvalue weighted by Gasteiger charge is 2.37. The van der Waals surface area contributed by atoms with E-state index in [0.29, 0.717) is 43.1 Å². The molecule has 0 aliphatic carbocycles. The van der Waals surface area contributed by atoms with E-state index in [-0.39, 0.29) is 29.8 Å². The number of likely N-dealkylation sites (tertiary alicyclic amines) is 2. The van der Waals surface area contributed by atoms with E-state index in [1.165, 1.54) is 11.3 Å². The van der Waals surface area contributed by atoms with E-state index in [1.807, 2.05) is 29.2 Å². The first kappa shape index (κ1) is 23.5. The topological polar surface area (TPSA) is 93.0 Å². The summed E-state index contributed by atoms with van der Waals surface area (Å²) in [5.41, 5.74) is 1.10. The van der Waals surface area contributed by atoms with Crippen molar-refractivity contribution in [3.05, 3.63) is 52.2 Å². The van der Waals surface area contributed by atoms with Gasteiger partial charge in [0.05, 0.1) is 11.1 Å². The molecule has 2 aromatic heterocycles. The lowest BCUT2D eigenvalue weighted by Crippen LogP contribution is -2.42. The Morgan fingerprint density at radius 3 is 2.60 bits per heavy atom. The molecule has 0 bridgehead atoms. The molecule has 8 nitrogen and oxygen atoms in total. The van der Waals surface area contributed by atoms with Crippen molar-refractivity contribution >= 4 is 40.1 Å². The molecule has 0 saturated carbocycles. The average Bonchev–Trinajstić information content (AvgIpc) is 3.62. The molecule has 5 rings (SSSR count). The van der Waals surface area contributed by atoms with E-state index in [0.717, 1.165) is 29.7 Å². The van der Waals surface area contributed by atoms with Gasteiger partial charge in [0.15, 0.2) is 5.76 Å². The van der Waals surface area contributed by atoms with Gasteiger partial charge in [0.25, 0.3) is 11.8 Å². The van der Waals surface area contributed by atoms with Crippen molar-refractivity contribution in [2.75, 3.05) is 19.6 Å². The lowest BCUT2D eigenvalue weighted by molar-refractivity contribution is -0.152. The van der Waals surface area contributed by atoms with E-state index < -0.39 is 6.04 Å². The van der Waals surface area contributed by atoms with Crippen LogP contribution in [0.4, 0.5) is 0 Å². The number of thiazole rings is 1. The molecule has 4 heterocycles. The van der Waals surface area contributed by atoms with Gasteiger partial charge < -0.3 is 19.0 Å². The van der Waals surface area contributed by atoms with Crippen LogP contribution in [0.15, 0.2) is 40.1 Å². The number of hydrogen-bond acceptors (Lipinski definition) is 7. The quantitative estimate of drug-likeness (QED) is 0.485. The first-order valence-electron chi connectivity index (χ1n) is 12.2. The number of carbonyl (C=O) groups excluding carboxylic acids is 3. The SMILES string of the molecule is CC(C)OC(=O)C1CCCN1C(=O)c1csc(C2CCN(C(=O)c3cc4ccccc4o3)CC2)n1. The number of carbonyl (C=O) groups is 3. The fourth-order valence-electron chi connectivity index (χ4n) is 4.86. The van der Waals surface area contributed by atoms with Crippen LogP contribution in [0.3, 0.4) is 0 Å². The summed E-state index contributed by atoms with van der Waals surface area (Å²) in [5, 5.41) is 3.61. The number of rotatable bonds is 5. The summed E-state index contributed by atoms with van der Waals surface area (Å²) in [7, 11) is 0. The smallest absolute Gasteiger partial charge is 0.329 e. The summed E-state index contributed by atoms with van der Waals surface area (Å²) in [5.74, 6) is -0.0940. The number of esters is 1. The van der Waals surface area contributed by atoms with E-state index in [1.54, 1.807) is 30.2 Å². The fraction of sp³-hybridized carbons (Fsp3) is 0.462. The molecule has 1 aromatic carbocycles. The summed E-state index contributed by atoms with van der Waals surface area (Å²) in [6.07, 6.45) is 2.74. The molecule has 0 radical (unpaired) electrons. The van der Waals surface area contributed by atoms with E-state index in [9.17, 15) is 14.4 Å². The Balaban J connectivity index is 1.20. The summed E-state index contributed by atoms with van der Waals surface area (Å²) in [6.45, 7) is 5.37. The van der Waals surface area contributed by atoms with Gasteiger partial charge in [-0.1, -0.05) is 18.2 Å². The minimum Gasteiger partial charge on any atom is -0.461 e. The number of nitrogens with zero attached hydrogens (tertiary/aromatic N) is 3. The molecular formula is C26H29N3O5S. The van der Waals surface area contributed by atoms with Crippen LogP contribution < -0.4 is 0 Å². The maximum Gasteiger partial charge on any atom is 0.329 e. The summed E-state index contributed by atoms with van der Waals surface area (Å²) >= 11 is 1.48. The average molecular weight is 496 g/mol. The number of para-hydroxylation sites is 1. The molecular weight excluding hydrogens is 466 g/mol. The third kappa shape index (κ3) is 4.82. The Hall–Kier alpha value is -3.20. The predicted octanol–water partition coefficient (Wildman–Crippen LogP) is 4.47. The van der Waals surface area contributed by atoms with Crippen molar-refractivity contribution < 1.29 is 23.5 Å². The molecule has 1 atom stereocenters. The van der Waals surface area contributed by atoms with Crippen LogP contribution in [0, 0.1) is 0 Å². The number of fused-ring (bicyclic) bond motifs is 1. The minimum absolute atomic E-state index is 0.0944. The zero-order chi connectivity index (χ0) is 24.5. The lowest BCUT2D eigenvalue weighted by atomic mass is 9.97. The van der Waals surface area contributed by atoms with Gasteiger partial charge in [-0.05, 0) is 51.7 Å². The minimum atomic E-state index is -0.539. The van der Waals surface area contributed by atoms with Crippen molar-refractivity contribution in [2.45, 2.75) is 57.6 Å². The molecule has 2 amide bonds. The van der Waals surface area contributed by atoms with Crippen LogP contribution in [-0.4, -0.2) is 64.3 Å². The maximum absolute atomic E-state index is 13.1. The number of aromatic nitrogens is 1. The summed E-state index contributed by atoms with van der Waals surface area (Å²) in [6, 6.07) is 8.86. The van der Waals surface area contributed by atoms with Crippen LogP contribution in [0.5, 0.6) is 0 Å². The Morgan fingerprint density at radius 2 is 1.86 bits per heavy atom. The third-order valence-electron chi connectivity index (χ3n) is 6.65. The zero-order valence-corrected chi connectivity index (χ0v) is 20.8. The van der Waals surface area contributed by atoms with Gasteiger partial charge >= 0.3 is 5.97 Å². The molecule has 1 unspecified atom stereocenters. The van der Waals surface area contributed by atoms with Gasteiger partial charge in [-0.3, -0.25) is 9.59 Å². The number of ether oxygens (including phenoxy) is 1. The highest BCUT2D eigenvalue weighted by Crippen LogP contribution is 2.32. The van der Waals surface area contributed by atoms with Gasteiger partial charge in [0, 0.05) is 36.3 Å². The van der Waals surface area contributed by atoms with Gasteiger partial charge in [0.2, 0.25) is 0 Å². The van der Waals surface area contributed by atoms with Crippen molar-refractivity contribution in [1.82, 2.24) is 14.8 Å². The van der Waals surface area contributed by atoms with E-state index >= 15 is 0 Å². The van der Waals surface area contributed by atoms with Crippen molar-refractivity contribution in [3.63, 3.8) is 0 Å². The standard InChI is InChI=1S/C26H29N3O5S/c1-16(2)33-26(32)20-7-5-11-29(20)24(30)19-15-35-23(27-19)17-9-12-28(13-10-17)25(31)22-14-18-6-3-4-8-21(18)34-22/h3-4,6,8,14-17,20H,5,7,9-13H2,1-2H3. The molecule has 35 heavy (non-hydrogen) atoms. The Morgan fingerprint density at radius 1 is 1.09 bits per heavy atom. The maximum atomic E-state index is 13.1. The number of hydrogen-bond donors (Lipinski definition) is 0. The lowest BCUT2D eigenvalue weighted by Gasteiger charge is -2.30. The Bertz CT molecular complexity index is 1210. The summed E-state index contributed by atoms with van der Waals surface area (Å²) in [4.78, 5) is 46.5. The predicted molar refractivity (Wildman–Crippen MR) is 131 cm³/mol. The third-order valence-corrected chi connectivity index (χ3v) is 7.65. The van der Waals surface area contributed by atoms with Gasteiger partial charge in [-0.25, -0.2) is 9.78 Å². The second-order valence-corrected chi connectivity index (χ2v) is 10.3. The number of amides is 2.